The number of phenolic OH excluding ortho intramolecular Hbond substituents is 2. The summed E-state index contributed by atoms with van der Waals surface area (Å²) in [5.41, 5.74) is 18.9. The second kappa shape index (κ2) is 21.2. The fraction of sp³-hybridized carbons (Fsp3) is 0.472. The van der Waals surface area contributed by atoms with Gasteiger partial charge < -0.3 is 46.8 Å². The van der Waals surface area contributed by atoms with Crippen LogP contribution in [-0.2, 0) is 23.4 Å². The van der Waals surface area contributed by atoms with Crippen LogP contribution in [0.4, 0.5) is 0 Å². The van der Waals surface area contributed by atoms with Crippen LogP contribution in [0.15, 0.2) is 89.3 Å². The molecule has 5 atom stereocenters. The summed E-state index contributed by atoms with van der Waals surface area (Å²) in [6, 6.07) is 14.5. The van der Waals surface area contributed by atoms with E-state index in [9.17, 15) is 35.4 Å². The van der Waals surface area contributed by atoms with Gasteiger partial charge in [-0.25, -0.2) is 0 Å². The molecule has 9 N–H and O–H groups in total. The smallest absolute Gasteiger partial charge is 0.161 e. The Morgan fingerprint density at radius 1 is 0.939 bits per heavy atom. The summed E-state index contributed by atoms with van der Waals surface area (Å²) in [6.07, 6.45) is 14.0. The maximum Gasteiger partial charge on any atom is 0.161 e. The Labute approximate surface area is 395 Å². The third-order valence-corrected chi connectivity index (χ3v) is 16.9. The molecule has 8 rings (SSSR count). The number of carbonyl (C=O) groups excluding carboxylic acids is 1. The molecule has 2 aliphatic heterocycles. The van der Waals surface area contributed by atoms with E-state index in [1.165, 1.54) is 0 Å². The van der Waals surface area contributed by atoms with E-state index in [0.717, 1.165) is 66.3 Å². The summed E-state index contributed by atoms with van der Waals surface area (Å²) in [6.45, 7) is -0.0572. The Morgan fingerprint density at radius 2 is 1.73 bits per heavy atom. The number of nitrogens with two attached hydrogens (primary N) is 2. The number of aryl methyl sites for hydroxylation is 1. The second-order valence-corrected chi connectivity index (χ2v) is 21.6. The molecule has 8 bridgehead atoms. The number of benzene rings is 3. The van der Waals surface area contributed by atoms with Crippen LogP contribution in [0, 0.1) is 28.6 Å². The molecule has 66 heavy (non-hydrogen) atoms. The summed E-state index contributed by atoms with van der Waals surface area (Å²) in [5, 5.41) is 68.6. The molecule has 0 saturated heterocycles. The zero-order valence-electron chi connectivity index (χ0n) is 37.4. The lowest BCUT2D eigenvalue weighted by Crippen LogP contribution is -2.28. The average Bonchev–Trinajstić information content (AvgIpc) is 4.05. The number of nitrogens with zero attached hydrogens (tertiary/aromatic N) is 1. The van der Waals surface area contributed by atoms with E-state index < -0.39 is 29.7 Å². The van der Waals surface area contributed by atoms with E-state index in [2.05, 4.69) is 22.9 Å². The number of hydrogen-bond donors (Lipinski definition) is 7. The number of phenols is 2. The molecule has 11 nitrogen and oxygen atoms in total. The monoisotopic (exact) mass is 932 g/mol. The van der Waals surface area contributed by atoms with Gasteiger partial charge in [0.15, 0.2) is 17.3 Å². The normalized spacial score (nSPS) is 25.5. The van der Waals surface area contributed by atoms with Crippen LogP contribution in [0.5, 0.6) is 17.2 Å². The first-order valence-corrected chi connectivity index (χ1v) is 25.8. The fourth-order valence-corrected chi connectivity index (χ4v) is 13.4. The molecule has 5 aliphatic rings. The van der Waals surface area contributed by atoms with Gasteiger partial charge in [0, 0.05) is 47.6 Å². The van der Waals surface area contributed by atoms with Gasteiger partial charge in [0.25, 0.3) is 0 Å². The van der Waals surface area contributed by atoms with Crippen LogP contribution in [0.1, 0.15) is 128 Å². The van der Waals surface area contributed by atoms with Crippen LogP contribution >= 0.6 is 21.6 Å². The number of aliphatic hydroxyl groups excluding tert-OH is 3. The van der Waals surface area contributed by atoms with Crippen molar-refractivity contribution in [2.24, 2.45) is 33.2 Å². The summed E-state index contributed by atoms with van der Waals surface area (Å²) in [5.74, 6) is 7.36. The van der Waals surface area contributed by atoms with E-state index in [0.29, 0.717) is 78.2 Å². The first kappa shape index (κ1) is 48.0. The van der Waals surface area contributed by atoms with Crippen LogP contribution in [-0.4, -0.2) is 68.2 Å². The molecule has 0 aromatic heterocycles. The lowest BCUT2D eigenvalue weighted by Gasteiger charge is -2.35. The molecule has 0 radical (unpaired) electrons. The van der Waals surface area contributed by atoms with Gasteiger partial charge in [-0.05, 0) is 144 Å². The number of ketones is 1. The summed E-state index contributed by atoms with van der Waals surface area (Å²) in [4.78, 5) is 18.0. The van der Waals surface area contributed by atoms with Crippen molar-refractivity contribution in [1.29, 1.82) is 0 Å². The molecule has 3 aromatic carbocycles. The van der Waals surface area contributed by atoms with E-state index in [1.807, 2.05) is 24.3 Å². The highest BCUT2D eigenvalue weighted by Gasteiger charge is 2.45. The zero-order chi connectivity index (χ0) is 46.4. The first-order valence-electron chi connectivity index (χ1n) is 23.3. The number of aliphatic imine (C=N–C) groups is 1. The van der Waals surface area contributed by atoms with Crippen molar-refractivity contribution in [1.82, 2.24) is 0 Å². The Morgan fingerprint density at radius 3 is 2.52 bits per heavy atom. The largest absolute Gasteiger partial charge is 0.875 e. The number of aliphatic hydroxyl groups is 3. The van der Waals surface area contributed by atoms with Crippen molar-refractivity contribution < 1.29 is 40.2 Å². The van der Waals surface area contributed by atoms with Gasteiger partial charge in [0.1, 0.15) is 5.75 Å². The van der Waals surface area contributed by atoms with Crippen molar-refractivity contribution in [3.8, 4) is 29.1 Å². The van der Waals surface area contributed by atoms with Crippen LogP contribution in [0.25, 0.3) is 0 Å². The van der Waals surface area contributed by atoms with Crippen LogP contribution in [0.3, 0.4) is 0 Å². The van der Waals surface area contributed by atoms with E-state index in [1.54, 1.807) is 64.2 Å². The van der Waals surface area contributed by atoms with Crippen molar-refractivity contribution >= 4 is 33.1 Å². The number of ether oxygens (including phenoxy) is 1. The number of allylic oxidation sites excluding steroid dienone is 5. The molecule has 3 aliphatic carbocycles. The van der Waals surface area contributed by atoms with Gasteiger partial charge in [-0.1, -0.05) is 76.6 Å². The summed E-state index contributed by atoms with van der Waals surface area (Å²) < 4.78 is 6.14. The lowest BCUT2D eigenvalue weighted by atomic mass is 9.70. The standard InChI is InChI=1S/C53H63N3O8S2/c54-51(55)42-24-35-4-3-5-45-40(13-20-56-45)48(62)26-43-41(35)25-36(42)31-65-66-32-37-27-53(29-49(37)63,19-18-52(15-1-2-16-52)28-39(59)30-57)17-12-38(58)9-6-33-8-11-47(61)50(23-33)64-21-14-34-7-10-46(60)44(43)22-34/h7-8,10-13,17,20,22-25,37,39,43,49,51,57,59-63H,1-2,5-6,9,14-16,18-19,21,26-32,54-55H2/p-1/b17-12+,48-40?/t37-,39-,43+,49+,53+/m0/s1. The van der Waals surface area contributed by atoms with Crippen molar-refractivity contribution in [2.45, 2.75) is 120 Å². The van der Waals surface area contributed by atoms with Crippen molar-refractivity contribution in [3.63, 3.8) is 0 Å². The number of hydrogen-bond acceptors (Lipinski definition) is 13. The maximum absolute atomic E-state index is 14.2. The highest BCUT2D eigenvalue weighted by atomic mass is 33.1. The summed E-state index contributed by atoms with van der Waals surface area (Å²) >= 11 is 0. The van der Waals surface area contributed by atoms with Gasteiger partial charge >= 0.3 is 0 Å². The zero-order valence-corrected chi connectivity index (χ0v) is 39.1. The molecular weight excluding hydrogens is 871 g/mol. The molecule has 2 saturated carbocycles. The molecular formula is C53H62N3O8S2-. The molecule has 0 amide bonds. The van der Waals surface area contributed by atoms with Gasteiger partial charge in [-0.3, -0.25) is 9.79 Å². The molecule has 13 heteroatoms. The van der Waals surface area contributed by atoms with Crippen LogP contribution in [0.2, 0.25) is 0 Å². The number of carbonyl (C=O) groups is 1. The van der Waals surface area contributed by atoms with Gasteiger partial charge in [-0.2, -0.15) is 0 Å². The number of aromatic hydroxyl groups is 2. The SMILES string of the molecule is NC(N)c1cc2c3cc1CSSC[C@@H]1C[C@](CCC4(C[C@H](O)CO)CCCC4)(/C=C/C(=O)CCc4ccc(O)c(c4)OCCc4ccc(O)c(c4)[C@@H]3CC([O-])=C3C=CN=C3CC#C2)C[C@H]1O. The predicted octanol–water partition coefficient (Wildman–Crippen LogP) is 7.29. The highest BCUT2D eigenvalue weighted by molar-refractivity contribution is 8.76. The second-order valence-electron chi connectivity index (χ2n) is 19.1. The maximum atomic E-state index is 14.2. The Balaban J connectivity index is 1.14. The minimum Gasteiger partial charge on any atom is -0.875 e. The minimum absolute atomic E-state index is 0.0145. The van der Waals surface area contributed by atoms with Gasteiger partial charge in [-0.15, -0.1) is 5.76 Å². The Hall–Kier alpha value is -4.52. The fourth-order valence-electron chi connectivity index (χ4n) is 10.9. The van der Waals surface area contributed by atoms with E-state index in [4.69, 9.17) is 16.2 Å². The average molecular weight is 933 g/mol. The number of fused-ring (bicyclic) bond motifs is 9. The topological polar surface area (TPSA) is 215 Å². The van der Waals surface area contributed by atoms with Gasteiger partial charge in [0.05, 0.1) is 43.7 Å². The lowest BCUT2D eigenvalue weighted by molar-refractivity contribution is -0.307. The molecule has 350 valence electrons. The molecule has 0 unspecified atom stereocenters. The molecule has 3 aromatic rings. The first-order chi connectivity index (χ1) is 31.8. The van der Waals surface area contributed by atoms with E-state index >= 15 is 0 Å². The molecule has 0 spiro atoms. The molecule has 2 fully saturated rings. The quantitative estimate of drug-likeness (QED) is 0.0707. The summed E-state index contributed by atoms with van der Waals surface area (Å²) in [7, 11) is 3.32. The predicted molar refractivity (Wildman–Crippen MR) is 260 cm³/mol. The third kappa shape index (κ3) is 11.2. The number of rotatable bonds is 7. The van der Waals surface area contributed by atoms with E-state index in [-0.39, 0.29) is 60.4 Å². The third-order valence-electron chi connectivity index (χ3n) is 14.5. The van der Waals surface area contributed by atoms with Crippen molar-refractivity contribution in [2.75, 3.05) is 19.0 Å². The van der Waals surface area contributed by atoms with Crippen molar-refractivity contribution in [3.05, 3.63) is 123 Å². The Bertz CT molecular complexity index is 2460. The Kier molecular flexibility index (Phi) is 15.4. The van der Waals surface area contributed by atoms with Crippen LogP contribution < -0.4 is 21.3 Å². The molecule has 2 heterocycles. The minimum atomic E-state index is -0.808. The van der Waals surface area contributed by atoms with Gasteiger partial charge in [0.2, 0.25) is 0 Å². The highest BCUT2D eigenvalue weighted by Crippen LogP contribution is 2.54.